The summed E-state index contributed by atoms with van der Waals surface area (Å²) < 4.78 is 4.94. The van der Waals surface area contributed by atoms with Crippen molar-refractivity contribution >= 4 is 5.91 Å². The number of hydrogen-bond acceptors (Lipinski definition) is 4. The average Bonchev–Trinajstić information content (AvgIpc) is 3.17. The molecule has 1 unspecified atom stereocenters. The van der Waals surface area contributed by atoms with Crippen LogP contribution in [-0.4, -0.2) is 21.0 Å². The van der Waals surface area contributed by atoms with E-state index in [0.717, 1.165) is 11.3 Å². The van der Waals surface area contributed by atoms with Crippen molar-refractivity contribution in [1.82, 2.24) is 20.4 Å². The molecule has 0 aliphatic heterocycles. The molecule has 0 radical (unpaired) electrons. The zero-order valence-corrected chi connectivity index (χ0v) is 12.3. The molecule has 0 bridgehead atoms. The molecule has 2 aromatic heterocycles. The average molecular weight is 296 g/mol. The number of rotatable bonds is 4. The number of carbonyl (C=O) groups is 1. The number of aromatic amines is 1. The molecule has 6 nitrogen and oxygen atoms in total. The first kappa shape index (κ1) is 14.1. The van der Waals surface area contributed by atoms with Gasteiger partial charge in [0.25, 0.3) is 5.91 Å². The largest absolute Gasteiger partial charge is 0.351 e. The van der Waals surface area contributed by atoms with Crippen LogP contribution in [0.4, 0.5) is 0 Å². The Morgan fingerprint density at radius 3 is 2.77 bits per heavy atom. The van der Waals surface area contributed by atoms with Crippen molar-refractivity contribution in [2.75, 3.05) is 0 Å². The topological polar surface area (TPSA) is 83.8 Å². The normalized spacial score (nSPS) is 12.1. The molecule has 1 aromatic carbocycles. The number of nitrogens with one attached hydrogen (secondary N) is 2. The van der Waals surface area contributed by atoms with Crippen molar-refractivity contribution in [1.29, 1.82) is 0 Å². The van der Waals surface area contributed by atoms with Gasteiger partial charge in [-0.15, -0.1) is 0 Å². The molecule has 2 N–H and O–H groups in total. The van der Waals surface area contributed by atoms with Crippen LogP contribution in [0.5, 0.6) is 0 Å². The van der Waals surface area contributed by atoms with Gasteiger partial charge in [-0.05, 0) is 19.4 Å². The van der Waals surface area contributed by atoms with Gasteiger partial charge in [-0.2, -0.15) is 0 Å². The lowest BCUT2D eigenvalue weighted by Crippen LogP contribution is -2.27. The fourth-order valence-electron chi connectivity index (χ4n) is 2.13. The number of aryl methyl sites for hydroxylation is 1. The van der Waals surface area contributed by atoms with E-state index in [1.165, 1.54) is 0 Å². The van der Waals surface area contributed by atoms with Gasteiger partial charge in [0.05, 0.1) is 23.6 Å². The molecule has 6 heteroatoms. The van der Waals surface area contributed by atoms with E-state index in [2.05, 4.69) is 20.4 Å². The van der Waals surface area contributed by atoms with E-state index in [1.807, 2.05) is 37.3 Å². The van der Waals surface area contributed by atoms with Crippen LogP contribution < -0.4 is 5.32 Å². The van der Waals surface area contributed by atoms with Gasteiger partial charge in [-0.1, -0.05) is 35.5 Å². The molecular weight excluding hydrogens is 280 g/mol. The molecule has 0 fully saturated rings. The van der Waals surface area contributed by atoms with Crippen LogP contribution in [0.15, 0.2) is 47.1 Å². The predicted octanol–water partition coefficient (Wildman–Crippen LogP) is 2.86. The monoisotopic (exact) mass is 296 g/mol. The van der Waals surface area contributed by atoms with Gasteiger partial charge in [-0.25, -0.2) is 4.98 Å². The number of carbonyl (C=O) groups excluding carboxylic acids is 1. The Morgan fingerprint density at radius 1 is 1.32 bits per heavy atom. The summed E-state index contributed by atoms with van der Waals surface area (Å²) in [6.45, 7) is 3.62. The summed E-state index contributed by atoms with van der Waals surface area (Å²) in [7, 11) is 0. The fourth-order valence-corrected chi connectivity index (χ4v) is 2.13. The number of H-pyrrole nitrogens is 1. The van der Waals surface area contributed by atoms with Gasteiger partial charge in [0, 0.05) is 6.07 Å². The highest BCUT2D eigenvalue weighted by Gasteiger charge is 2.17. The highest BCUT2D eigenvalue weighted by molar-refractivity contribution is 5.91. The third kappa shape index (κ3) is 2.90. The Kier molecular flexibility index (Phi) is 3.74. The lowest BCUT2D eigenvalue weighted by atomic mass is 10.2. The lowest BCUT2D eigenvalue weighted by molar-refractivity contribution is 0.0901. The Labute approximate surface area is 127 Å². The molecule has 0 saturated heterocycles. The minimum absolute atomic E-state index is 0.194. The van der Waals surface area contributed by atoms with Crippen LogP contribution in [0.3, 0.4) is 0 Å². The van der Waals surface area contributed by atoms with Gasteiger partial charge in [0.2, 0.25) is 5.76 Å². The molecule has 3 rings (SSSR count). The first-order valence-corrected chi connectivity index (χ1v) is 6.98. The first-order chi connectivity index (χ1) is 10.6. The van der Waals surface area contributed by atoms with E-state index in [1.54, 1.807) is 19.2 Å². The van der Waals surface area contributed by atoms with Crippen molar-refractivity contribution in [3.05, 3.63) is 59.9 Å². The third-order valence-electron chi connectivity index (χ3n) is 3.29. The van der Waals surface area contributed by atoms with Crippen molar-refractivity contribution < 1.29 is 9.32 Å². The summed E-state index contributed by atoms with van der Waals surface area (Å²) in [4.78, 5) is 19.6. The predicted molar refractivity (Wildman–Crippen MR) is 81.1 cm³/mol. The van der Waals surface area contributed by atoms with Crippen molar-refractivity contribution in [3.8, 4) is 11.3 Å². The van der Waals surface area contributed by atoms with E-state index >= 15 is 0 Å². The SMILES string of the molecule is Cc1cc(C(=O)NC(C)c2ncc(-c3ccccc3)[nH]2)on1. The Morgan fingerprint density at radius 2 is 2.09 bits per heavy atom. The van der Waals surface area contributed by atoms with E-state index in [0.29, 0.717) is 11.5 Å². The zero-order valence-electron chi connectivity index (χ0n) is 12.3. The molecule has 3 aromatic rings. The van der Waals surface area contributed by atoms with Crippen LogP contribution in [-0.2, 0) is 0 Å². The second-order valence-electron chi connectivity index (χ2n) is 5.08. The second kappa shape index (κ2) is 5.85. The maximum atomic E-state index is 12.0. The first-order valence-electron chi connectivity index (χ1n) is 6.98. The molecule has 0 aliphatic rings. The summed E-state index contributed by atoms with van der Waals surface area (Å²) in [5.74, 6) is 0.563. The molecule has 0 aliphatic carbocycles. The summed E-state index contributed by atoms with van der Waals surface area (Å²) in [5.41, 5.74) is 2.63. The number of amides is 1. The van der Waals surface area contributed by atoms with E-state index in [4.69, 9.17) is 4.52 Å². The number of aromatic nitrogens is 3. The van der Waals surface area contributed by atoms with Crippen LogP contribution in [0.1, 0.15) is 35.0 Å². The summed E-state index contributed by atoms with van der Waals surface area (Å²) in [6.07, 6.45) is 1.76. The standard InChI is InChI=1S/C16H16N4O2/c1-10-8-14(22-20-10)16(21)18-11(2)15-17-9-13(19-15)12-6-4-3-5-7-12/h3-9,11H,1-2H3,(H,17,19)(H,18,21). The van der Waals surface area contributed by atoms with E-state index in [9.17, 15) is 4.79 Å². The van der Waals surface area contributed by atoms with Gasteiger partial charge >= 0.3 is 0 Å². The molecule has 0 saturated carbocycles. The molecule has 22 heavy (non-hydrogen) atoms. The smallest absolute Gasteiger partial charge is 0.290 e. The third-order valence-corrected chi connectivity index (χ3v) is 3.29. The highest BCUT2D eigenvalue weighted by atomic mass is 16.5. The minimum atomic E-state index is -0.314. The van der Waals surface area contributed by atoms with Gasteiger partial charge in [0.15, 0.2) is 0 Å². The van der Waals surface area contributed by atoms with Gasteiger partial charge in [0.1, 0.15) is 5.82 Å². The number of imidazole rings is 1. The highest BCUT2D eigenvalue weighted by Crippen LogP contribution is 2.19. The van der Waals surface area contributed by atoms with Crippen molar-refractivity contribution in [3.63, 3.8) is 0 Å². The maximum Gasteiger partial charge on any atom is 0.290 e. The molecular formula is C16H16N4O2. The number of benzene rings is 1. The summed E-state index contributed by atoms with van der Waals surface area (Å²) >= 11 is 0. The van der Waals surface area contributed by atoms with Crippen LogP contribution in [0, 0.1) is 6.92 Å². The van der Waals surface area contributed by atoms with E-state index in [-0.39, 0.29) is 17.7 Å². The van der Waals surface area contributed by atoms with Crippen LogP contribution >= 0.6 is 0 Å². The fraction of sp³-hybridized carbons (Fsp3) is 0.188. The Hall–Kier alpha value is -2.89. The van der Waals surface area contributed by atoms with Crippen LogP contribution in [0.25, 0.3) is 11.3 Å². The van der Waals surface area contributed by atoms with E-state index < -0.39 is 0 Å². The molecule has 2 heterocycles. The van der Waals surface area contributed by atoms with Crippen LogP contribution in [0.2, 0.25) is 0 Å². The van der Waals surface area contributed by atoms with Crippen molar-refractivity contribution in [2.45, 2.75) is 19.9 Å². The Bertz CT molecular complexity index is 776. The molecule has 112 valence electrons. The molecule has 0 spiro atoms. The quantitative estimate of drug-likeness (QED) is 0.775. The zero-order chi connectivity index (χ0) is 15.5. The molecule has 1 atom stereocenters. The second-order valence-corrected chi connectivity index (χ2v) is 5.08. The van der Waals surface area contributed by atoms with Gasteiger partial charge in [-0.3, -0.25) is 4.79 Å². The Balaban J connectivity index is 1.72. The van der Waals surface area contributed by atoms with Crippen molar-refractivity contribution in [2.24, 2.45) is 0 Å². The number of nitrogens with zero attached hydrogens (tertiary/aromatic N) is 2. The summed E-state index contributed by atoms with van der Waals surface area (Å²) in [5, 5.41) is 6.53. The number of hydrogen-bond donors (Lipinski definition) is 2. The molecule has 1 amide bonds. The summed E-state index contributed by atoms with van der Waals surface area (Å²) in [6, 6.07) is 11.2. The lowest BCUT2D eigenvalue weighted by Gasteiger charge is -2.09. The minimum Gasteiger partial charge on any atom is -0.351 e. The maximum absolute atomic E-state index is 12.0. The van der Waals surface area contributed by atoms with Gasteiger partial charge < -0.3 is 14.8 Å².